The molecule has 2 aliphatic heterocycles. The zero-order chi connectivity index (χ0) is 18.1. The number of anilines is 1. The number of benzene rings is 1. The zero-order valence-corrected chi connectivity index (χ0v) is 15.6. The second-order valence-electron chi connectivity index (χ2n) is 7.80. The molecule has 0 amide bonds. The summed E-state index contributed by atoms with van der Waals surface area (Å²) < 4.78 is 0. The maximum atomic E-state index is 4.82. The van der Waals surface area contributed by atoms with E-state index in [0.29, 0.717) is 5.92 Å². The van der Waals surface area contributed by atoms with Crippen LogP contribution in [0.25, 0.3) is 11.0 Å². The summed E-state index contributed by atoms with van der Waals surface area (Å²) in [6, 6.07) is 8.29. The third-order valence-corrected chi connectivity index (χ3v) is 5.79. The Hall–Kier alpha value is -2.47. The van der Waals surface area contributed by atoms with Crippen molar-refractivity contribution >= 4 is 17.0 Å². The Labute approximate surface area is 159 Å². The normalized spacial score (nSPS) is 21.2. The SMILES string of the molecule is c1ccc2[nH]c(C3CCCN(Cc4cnc(N5CCCC5)nc4)C3)nc2c1. The first-order chi connectivity index (χ1) is 13.3. The number of para-hydroxylation sites is 2. The Bertz CT molecular complexity index is 863. The number of hydrogen-bond acceptors (Lipinski definition) is 5. The van der Waals surface area contributed by atoms with Crippen molar-refractivity contribution in [3.05, 3.63) is 48.0 Å². The van der Waals surface area contributed by atoms with Gasteiger partial charge in [-0.15, -0.1) is 0 Å². The van der Waals surface area contributed by atoms with Crippen LogP contribution in [0.1, 0.15) is 43.0 Å². The van der Waals surface area contributed by atoms with Crippen molar-refractivity contribution in [1.29, 1.82) is 0 Å². The van der Waals surface area contributed by atoms with Crippen LogP contribution in [0.2, 0.25) is 0 Å². The molecule has 1 atom stereocenters. The maximum Gasteiger partial charge on any atom is 0.225 e. The molecule has 1 N–H and O–H groups in total. The van der Waals surface area contributed by atoms with E-state index in [1.165, 1.54) is 31.2 Å². The molecule has 2 aliphatic rings. The van der Waals surface area contributed by atoms with Gasteiger partial charge in [0.05, 0.1) is 11.0 Å². The number of aromatic amines is 1. The summed E-state index contributed by atoms with van der Waals surface area (Å²) in [5.41, 5.74) is 3.40. The molecule has 5 rings (SSSR count). The largest absolute Gasteiger partial charge is 0.342 e. The predicted octanol–water partition coefficient (Wildman–Crippen LogP) is 3.33. The highest BCUT2D eigenvalue weighted by molar-refractivity contribution is 5.74. The van der Waals surface area contributed by atoms with E-state index < -0.39 is 0 Å². The van der Waals surface area contributed by atoms with Gasteiger partial charge in [0.2, 0.25) is 5.95 Å². The van der Waals surface area contributed by atoms with E-state index in [2.05, 4.69) is 43.0 Å². The van der Waals surface area contributed by atoms with Crippen molar-refractivity contribution in [2.24, 2.45) is 0 Å². The van der Waals surface area contributed by atoms with Crippen LogP contribution in [0, 0.1) is 0 Å². The predicted molar refractivity (Wildman–Crippen MR) is 107 cm³/mol. The standard InChI is InChI=1S/C21H26N6/c1-2-8-19-18(7-1)24-20(25-19)17-6-5-9-26(15-17)14-16-12-22-21(23-13-16)27-10-3-4-11-27/h1-2,7-8,12-13,17H,3-6,9-11,14-15H2,(H,24,25). The lowest BCUT2D eigenvalue weighted by Crippen LogP contribution is -2.34. The summed E-state index contributed by atoms with van der Waals surface area (Å²) in [5, 5.41) is 0. The van der Waals surface area contributed by atoms with Crippen LogP contribution >= 0.6 is 0 Å². The molecule has 0 radical (unpaired) electrons. The maximum absolute atomic E-state index is 4.82. The van der Waals surface area contributed by atoms with Crippen molar-refractivity contribution < 1.29 is 0 Å². The summed E-state index contributed by atoms with van der Waals surface area (Å²) >= 11 is 0. The first-order valence-electron chi connectivity index (χ1n) is 10.1. The van der Waals surface area contributed by atoms with Gasteiger partial charge in [0.25, 0.3) is 0 Å². The molecule has 0 bridgehead atoms. The number of rotatable bonds is 4. The minimum Gasteiger partial charge on any atom is -0.342 e. The van der Waals surface area contributed by atoms with E-state index in [-0.39, 0.29) is 0 Å². The fraction of sp³-hybridized carbons (Fsp3) is 0.476. The van der Waals surface area contributed by atoms with Gasteiger partial charge < -0.3 is 9.88 Å². The molecular formula is C21H26N6. The van der Waals surface area contributed by atoms with Crippen LogP contribution in [-0.4, -0.2) is 51.0 Å². The lowest BCUT2D eigenvalue weighted by molar-refractivity contribution is 0.197. The Kier molecular flexibility index (Phi) is 4.49. The van der Waals surface area contributed by atoms with Crippen molar-refractivity contribution in [2.75, 3.05) is 31.1 Å². The van der Waals surface area contributed by atoms with Gasteiger partial charge in [-0.05, 0) is 44.4 Å². The number of H-pyrrole nitrogens is 1. The van der Waals surface area contributed by atoms with Crippen LogP contribution in [-0.2, 0) is 6.54 Å². The Balaban J connectivity index is 1.25. The van der Waals surface area contributed by atoms with Crippen LogP contribution in [0.15, 0.2) is 36.7 Å². The Morgan fingerprint density at radius 1 is 1.00 bits per heavy atom. The molecule has 2 saturated heterocycles. The number of imidazole rings is 1. The van der Waals surface area contributed by atoms with Crippen molar-refractivity contribution in [3.63, 3.8) is 0 Å². The van der Waals surface area contributed by atoms with Gasteiger partial charge >= 0.3 is 0 Å². The molecule has 27 heavy (non-hydrogen) atoms. The van der Waals surface area contributed by atoms with Gasteiger partial charge in [-0.25, -0.2) is 15.0 Å². The summed E-state index contributed by atoms with van der Waals surface area (Å²) in [5.74, 6) is 2.48. The number of likely N-dealkylation sites (tertiary alicyclic amines) is 1. The second kappa shape index (κ2) is 7.27. The summed E-state index contributed by atoms with van der Waals surface area (Å²) in [4.78, 5) is 22.3. The van der Waals surface area contributed by atoms with Crippen molar-refractivity contribution in [2.45, 2.75) is 38.1 Å². The van der Waals surface area contributed by atoms with Gasteiger partial charge in [0, 0.05) is 50.1 Å². The molecular weight excluding hydrogens is 336 g/mol. The zero-order valence-electron chi connectivity index (χ0n) is 15.6. The molecule has 1 unspecified atom stereocenters. The summed E-state index contributed by atoms with van der Waals surface area (Å²) in [7, 11) is 0. The fourth-order valence-electron chi connectivity index (χ4n) is 4.36. The summed E-state index contributed by atoms with van der Waals surface area (Å²) in [6.45, 7) is 5.25. The minimum atomic E-state index is 0.468. The highest BCUT2D eigenvalue weighted by Crippen LogP contribution is 2.27. The molecule has 6 nitrogen and oxygen atoms in total. The average Bonchev–Trinajstić information content (AvgIpc) is 3.39. The van der Waals surface area contributed by atoms with Crippen molar-refractivity contribution in [1.82, 2.24) is 24.8 Å². The van der Waals surface area contributed by atoms with E-state index in [1.54, 1.807) is 0 Å². The van der Waals surface area contributed by atoms with Crippen molar-refractivity contribution in [3.8, 4) is 0 Å². The van der Waals surface area contributed by atoms with Gasteiger partial charge in [0.1, 0.15) is 5.82 Å². The number of piperidine rings is 1. The molecule has 0 saturated carbocycles. The van der Waals surface area contributed by atoms with Gasteiger partial charge in [-0.1, -0.05) is 12.1 Å². The number of nitrogens with zero attached hydrogens (tertiary/aromatic N) is 5. The highest BCUT2D eigenvalue weighted by Gasteiger charge is 2.24. The molecule has 140 valence electrons. The van der Waals surface area contributed by atoms with E-state index in [9.17, 15) is 0 Å². The number of nitrogens with one attached hydrogen (secondary N) is 1. The minimum absolute atomic E-state index is 0.468. The quantitative estimate of drug-likeness (QED) is 0.771. The number of fused-ring (bicyclic) bond motifs is 1. The van der Waals surface area contributed by atoms with E-state index in [4.69, 9.17) is 4.98 Å². The Morgan fingerprint density at radius 2 is 1.81 bits per heavy atom. The molecule has 6 heteroatoms. The van der Waals surface area contributed by atoms with Gasteiger partial charge in [0.15, 0.2) is 0 Å². The molecule has 0 spiro atoms. The molecule has 3 aromatic rings. The number of hydrogen-bond donors (Lipinski definition) is 1. The second-order valence-corrected chi connectivity index (χ2v) is 7.80. The smallest absolute Gasteiger partial charge is 0.225 e. The lowest BCUT2D eigenvalue weighted by Gasteiger charge is -2.31. The van der Waals surface area contributed by atoms with Gasteiger partial charge in [-0.2, -0.15) is 0 Å². The third kappa shape index (κ3) is 3.54. The molecule has 4 heterocycles. The van der Waals surface area contributed by atoms with Crippen LogP contribution in [0.5, 0.6) is 0 Å². The van der Waals surface area contributed by atoms with Crippen LogP contribution < -0.4 is 4.90 Å². The van der Waals surface area contributed by atoms with Gasteiger partial charge in [-0.3, -0.25) is 4.90 Å². The Morgan fingerprint density at radius 3 is 2.63 bits per heavy atom. The number of aromatic nitrogens is 4. The highest BCUT2D eigenvalue weighted by atomic mass is 15.3. The molecule has 0 aliphatic carbocycles. The molecule has 2 fully saturated rings. The molecule has 1 aromatic carbocycles. The average molecular weight is 362 g/mol. The van der Waals surface area contributed by atoms with E-state index >= 15 is 0 Å². The van der Waals surface area contributed by atoms with Crippen LogP contribution in [0.3, 0.4) is 0 Å². The first kappa shape index (κ1) is 16.7. The monoisotopic (exact) mass is 362 g/mol. The summed E-state index contributed by atoms with van der Waals surface area (Å²) in [6.07, 6.45) is 8.91. The van der Waals surface area contributed by atoms with E-state index in [0.717, 1.165) is 55.5 Å². The van der Waals surface area contributed by atoms with E-state index in [1.807, 2.05) is 18.5 Å². The third-order valence-electron chi connectivity index (χ3n) is 5.79. The van der Waals surface area contributed by atoms with Crippen LogP contribution in [0.4, 0.5) is 5.95 Å². The fourth-order valence-corrected chi connectivity index (χ4v) is 4.36. The lowest BCUT2D eigenvalue weighted by atomic mass is 9.97. The molecule has 2 aromatic heterocycles. The topological polar surface area (TPSA) is 60.9 Å². The first-order valence-corrected chi connectivity index (χ1v) is 10.1.